The highest BCUT2D eigenvalue weighted by atomic mass is 16.5. The maximum Gasteiger partial charge on any atom is 0.321 e. The number of carboxylic acid groups (broad SMARTS) is 1. The van der Waals surface area contributed by atoms with Crippen LogP contribution in [0, 0.1) is 0 Å². The number of unbranched alkanes of at least 4 members (excludes halogenated alkanes) is 1. The first-order valence-electron chi connectivity index (χ1n) is 6.33. The summed E-state index contributed by atoms with van der Waals surface area (Å²) in [5.41, 5.74) is 0. The summed E-state index contributed by atoms with van der Waals surface area (Å²) >= 11 is 0. The van der Waals surface area contributed by atoms with E-state index in [1.807, 2.05) is 13.8 Å². The third-order valence-corrected chi connectivity index (χ3v) is 2.13. The largest absolute Gasteiger partial charge is 0.481 e. The third kappa shape index (κ3) is 12.6. The van der Waals surface area contributed by atoms with Gasteiger partial charge >= 0.3 is 12.0 Å². The molecule has 0 saturated carbocycles. The smallest absolute Gasteiger partial charge is 0.321 e. The lowest BCUT2D eigenvalue weighted by Gasteiger charge is -2.08. The first kappa shape index (κ1) is 17.4. The van der Waals surface area contributed by atoms with Crippen molar-refractivity contribution >= 4 is 17.9 Å². The molecule has 0 aliphatic carbocycles. The molecule has 0 bridgehead atoms. The molecule has 7 heteroatoms. The summed E-state index contributed by atoms with van der Waals surface area (Å²) < 4.78 is 5.33. The fourth-order valence-corrected chi connectivity index (χ4v) is 1.20. The zero-order valence-corrected chi connectivity index (χ0v) is 11.4. The first-order valence-corrected chi connectivity index (χ1v) is 6.33. The number of imide groups is 1. The molecule has 0 unspecified atom stereocenters. The molecule has 0 atom stereocenters. The summed E-state index contributed by atoms with van der Waals surface area (Å²) in [6, 6.07) is -0.597. The minimum Gasteiger partial charge on any atom is -0.481 e. The molecule has 3 amide bonds. The van der Waals surface area contributed by atoms with Crippen molar-refractivity contribution in [3.63, 3.8) is 0 Å². The van der Waals surface area contributed by atoms with E-state index in [1.54, 1.807) is 0 Å². The maximum absolute atomic E-state index is 11.2. The molecule has 0 radical (unpaired) electrons. The average molecular weight is 274 g/mol. The second kappa shape index (κ2) is 10.3. The van der Waals surface area contributed by atoms with Gasteiger partial charge in [0.1, 0.15) is 0 Å². The lowest BCUT2D eigenvalue weighted by atomic mass is 10.3. The summed E-state index contributed by atoms with van der Waals surface area (Å²) in [6.07, 6.45) is 1.29. The molecule has 0 aliphatic rings. The van der Waals surface area contributed by atoms with Crippen molar-refractivity contribution in [2.75, 3.05) is 13.2 Å². The molecule has 19 heavy (non-hydrogen) atoms. The standard InChI is InChI=1S/C12H22N2O5/c1-9(2)19-8-4-3-7-13-12(18)14-10(15)5-6-11(16)17/h9H,3-8H2,1-2H3,(H,16,17)(H2,13,14,15,18). The fourth-order valence-electron chi connectivity index (χ4n) is 1.20. The Bertz CT molecular complexity index is 304. The zero-order valence-electron chi connectivity index (χ0n) is 11.4. The van der Waals surface area contributed by atoms with Crippen LogP contribution in [0.3, 0.4) is 0 Å². The number of carbonyl (C=O) groups excluding carboxylic acids is 2. The number of urea groups is 1. The van der Waals surface area contributed by atoms with Gasteiger partial charge in [-0.15, -0.1) is 0 Å². The van der Waals surface area contributed by atoms with Gasteiger partial charge < -0.3 is 15.2 Å². The van der Waals surface area contributed by atoms with Crippen LogP contribution >= 0.6 is 0 Å². The Morgan fingerprint density at radius 3 is 2.42 bits per heavy atom. The predicted octanol–water partition coefficient (Wildman–Crippen LogP) is 0.882. The summed E-state index contributed by atoms with van der Waals surface area (Å²) in [5.74, 6) is -1.66. The molecule has 110 valence electrons. The van der Waals surface area contributed by atoms with E-state index in [0.29, 0.717) is 13.2 Å². The maximum atomic E-state index is 11.2. The number of ether oxygens (including phenoxy) is 1. The van der Waals surface area contributed by atoms with Gasteiger partial charge in [0.05, 0.1) is 12.5 Å². The van der Waals surface area contributed by atoms with Gasteiger partial charge in [-0.05, 0) is 26.7 Å². The van der Waals surface area contributed by atoms with Crippen LogP contribution in [-0.4, -0.2) is 42.3 Å². The van der Waals surface area contributed by atoms with E-state index >= 15 is 0 Å². The zero-order chi connectivity index (χ0) is 14.7. The van der Waals surface area contributed by atoms with Crippen molar-refractivity contribution < 1.29 is 24.2 Å². The van der Waals surface area contributed by atoms with Crippen molar-refractivity contribution in [3.05, 3.63) is 0 Å². The Hall–Kier alpha value is -1.63. The highest BCUT2D eigenvalue weighted by Crippen LogP contribution is 1.93. The number of aliphatic carboxylic acids is 1. The van der Waals surface area contributed by atoms with E-state index in [2.05, 4.69) is 10.6 Å². The molecule has 0 aromatic carbocycles. The van der Waals surface area contributed by atoms with Gasteiger partial charge in [0.15, 0.2) is 0 Å². The molecule has 0 heterocycles. The van der Waals surface area contributed by atoms with Crippen LogP contribution in [0.4, 0.5) is 4.79 Å². The number of hydrogen-bond donors (Lipinski definition) is 3. The highest BCUT2D eigenvalue weighted by molar-refractivity contribution is 5.95. The molecule has 0 aliphatic heterocycles. The van der Waals surface area contributed by atoms with Crippen LogP contribution in [0.2, 0.25) is 0 Å². The third-order valence-electron chi connectivity index (χ3n) is 2.13. The van der Waals surface area contributed by atoms with Crippen LogP contribution in [-0.2, 0) is 14.3 Å². The summed E-state index contributed by atoms with van der Waals surface area (Å²) in [6.45, 7) is 4.99. The molecule has 0 aromatic rings. The monoisotopic (exact) mass is 274 g/mol. The molecule has 3 N–H and O–H groups in total. The number of rotatable bonds is 9. The number of carboxylic acids is 1. The fraction of sp³-hybridized carbons (Fsp3) is 0.750. The van der Waals surface area contributed by atoms with Crippen molar-refractivity contribution in [3.8, 4) is 0 Å². The second-order valence-electron chi connectivity index (χ2n) is 4.32. The van der Waals surface area contributed by atoms with Crippen LogP contribution in [0.5, 0.6) is 0 Å². The number of amides is 3. The Kier molecular flexibility index (Phi) is 9.42. The normalized spacial score (nSPS) is 10.3. The van der Waals surface area contributed by atoms with Gasteiger partial charge in [-0.1, -0.05) is 0 Å². The van der Waals surface area contributed by atoms with Gasteiger partial charge in [0, 0.05) is 19.6 Å². The predicted molar refractivity (Wildman–Crippen MR) is 68.7 cm³/mol. The summed E-state index contributed by atoms with van der Waals surface area (Å²) in [7, 11) is 0. The second-order valence-corrected chi connectivity index (χ2v) is 4.32. The summed E-state index contributed by atoms with van der Waals surface area (Å²) in [4.78, 5) is 32.5. The van der Waals surface area contributed by atoms with Crippen molar-refractivity contribution in [2.45, 2.75) is 45.6 Å². The van der Waals surface area contributed by atoms with Crippen molar-refractivity contribution in [2.24, 2.45) is 0 Å². The van der Waals surface area contributed by atoms with Gasteiger partial charge in [0.25, 0.3) is 0 Å². The Morgan fingerprint density at radius 1 is 1.16 bits per heavy atom. The molecule has 0 rings (SSSR count). The highest BCUT2D eigenvalue weighted by Gasteiger charge is 2.08. The average Bonchev–Trinajstić information content (AvgIpc) is 2.30. The lowest BCUT2D eigenvalue weighted by Crippen LogP contribution is -2.39. The molecule has 7 nitrogen and oxygen atoms in total. The van der Waals surface area contributed by atoms with Crippen LogP contribution in [0.25, 0.3) is 0 Å². The molecule has 0 spiro atoms. The van der Waals surface area contributed by atoms with E-state index in [-0.39, 0.29) is 18.9 Å². The van der Waals surface area contributed by atoms with Gasteiger partial charge in [-0.2, -0.15) is 0 Å². The van der Waals surface area contributed by atoms with Gasteiger partial charge in [-0.3, -0.25) is 14.9 Å². The molecule has 0 fully saturated rings. The first-order chi connectivity index (χ1) is 8.91. The molecule has 0 aromatic heterocycles. The minimum absolute atomic E-state index is 0.197. The topological polar surface area (TPSA) is 105 Å². The quantitative estimate of drug-likeness (QED) is 0.541. The van der Waals surface area contributed by atoms with E-state index in [0.717, 1.165) is 12.8 Å². The van der Waals surface area contributed by atoms with Gasteiger partial charge in [-0.25, -0.2) is 4.79 Å². The SMILES string of the molecule is CC(C)OCCCCNC(=O)NC(=O)CCC(=O)O. The van der Waals surface area contributed by atoms with E-state index in [4.69, 9.17) is 9.84 Å². The number of carbonyl (C=O) groups is 3. The number of hydrogen-bond acceptors (Lipinski definition) is 4. The Labute approximate surface area is 112 Å². The van der Waals surface area contributed by atoms with E-state index in [1.165, 1.54) is 0 Å². The van der Waals surface area contributed by atoms with E-state index < -0.39 is 17.9 Å². The van der Waals surface area contributed by atoms with Crippen molar-refractivity contribution in [1.29, 1.82) is 0 Å². The van der Waals surface area contributed by atoms with Gasteiger partial charge in [0.2, 0.25) is 5.91 Å². The molecule has 0 saturated heterocycles. The molecular formula is C12H22N2O5. The van der Waals surface area contributed by atoms with Crippen LogP contribution in [0.15, 0.2) is 0 Å². The van der Waals surface area contributed by atoms with E-state index in [9.17, 15) is 14.4 Å². The Morgan fingerprint density at radius 2 is 1.84 bits per heavy atom. The van der Waals surface area contributed by atoms with Crippen LogP contribution < -0.4 is 10.6 Å². The van der Waals surface area contributed by atoms with Crippen LogP contribution in [0.1, 0.15) is 39.5 Å². The lowest BCUT2D eigenvalue weighted by molar-refractivity contribution is -0.138. The minimum atomic E-state index is -1.07. The number of nitrogens with one attached hydrogen (secondary N) is 2. The Balaban J connectivity index is 3.48. The summed E-state index contributed by atoms with van der Waals surface area (Å²) in [5, 5.41) is 12.9. The molecular weight excluding hydrogens is 252 g/mol. The van der Waals surface area contributed by atoms with Crippen molar-refractivity contribution in [1.82, 2.24) is 10.6 Å².